The maximum atomic E-state index is 11.5. The molecule has 1 nitrogen and oxygen atoms in total. The van der Waals surface area contributed by atoms with Gasteiger partial charge >= 0.3 is 0 Å². The van der Waals surface area contributed by atoms with Gasteiger partial charge in [0.15, 0.2) is 5.78 Å². The van der Waals surface area contributed by atoms with Crippen LogP contribution in [0.25, 0.3) is 0 Å². The molecular weight excluding hydrogens is 148 g/mol. The molecule has 0 N–H and O–H groups in total. The van der Waals surface area contributed by atoms with Gasteiger partial charge in [-0.25, -0.2) is 0 Å². The summed E-state index contributed by atoms with van der Waals surface area (Å²) < 4.78 is 0. The topological polar surface area (TPSA) is 17.1 Å². The molecule has 0 bridgehead atoms. The monoisotopic (exact) mass is 160 g/mol. The Morgan fingerprint density at radius 2 is 2.17 bits per heavy atom. The number of rotatable bonds is 0. The van der Waals surface area contributed by atoms with Gasteiger partial charge in [-0.15, -0.1) is 0 Å². The van der Waals surface area contributed by atoms with Crippen molar-refractivity contribution < 1.29 is 4.79 Å². The predicted octanol–water partition coefficient (Wildman–Crippen LogP) is 1.95. The van der Waals surface area contributed by atoms with E-state index in [4.69, 9.17) is 0 Å². The van der Waals surface area contributed by atoms with Crippen LogP contribution in [-0.2, 0) is 4.79 Å². The van der Waals surface area contributed by atoms with Crippen molar-refractivity contribution in [1.29, 1.82) is 0 Å². The third-order valence-electron chi connectivity index (χ3n) is 3.64. The summed E-state index contributed by atoms with van der Waals surface area (Å²) in [5.74, 6) is 2.69. The van der Waals surface area contributed by atoms with Crippen molar-refractivity contribution in [3.63, 3.8) is 0 Å². The zero-order valence-corrected chi connectivity index (χ0v) is 6.94. The number of hydrogen-bond acceptors (Lipinski definition) is 1. The minimum atomic E-state index is 0.352. The van der Waals surface area contributed by atoms with Crippen LogP contribution >= 0.6 is 0 Å². The van der Waals surface area contributed by atoms with Crippen molar-refractivity contribution in [2.75, 3.05) is 0 Å². The van der Waals surface area contributed by atoms with Crippen molar-refractivity contribution in [3.8, 4) is 0 Å². The summed E-state index contributed by atoms with van der Waals surface area (Å²) in [6, 6.07) is 0. The summed E-state index contributed by atoms with van der Waals surface area (Å²) in [6.07, 6.45) is 10.8. The minimum Gasteiger partial charge on any atom is -0.295 e. The highest BCUT2D eigenvalue weighted by Gasteiger charge is 2.47. The average Bonchev–Trinajstić information content (AvgIpc) is 2.61. The Hall–Kier alpha value is -0.850. The second-order valence-corrected chi connectivity index (χ2v) is 4.18. The molecular formula is C11H12O. The molecule has 1 heteroatoms. The third-order valence-corrected chi connectivity index (χ3v) is 3.64. The normalized spacial score (nSPS) is 48.5. The maximum absolute atomic E-state index is 11.5. The number of carbonyl (C=O) groups excluding carboxylic acids is 1. The number of carbonyl (C=O) groups is 1. The van der Waals surface area contributed by atoms with E-state index in [0.717, 1.165) is 6.42 Å². The Balaban J connectivity index is 1.96. The summed E-state index contributed by atoms with van der Waals surface area (Å²) >= 11 is 0. The molecule has 3 aliphatic carbocycles. The highest BCUT2D eigenvalue weighted by atomic mass is 16.1. The standard InChI is InChI=1S/C11H12O/c12-10-5-4-8-6-7-2-1-3-9(7)11(8)10/h1-2,4-5,7-9,11H,3,6H2/t7-,8-,9-,11-/m0/s1. The zero-order valence-electron chi connectivity index (χ0n) is 6.94. The predicted molar refractivity (Wildman–Crippen MR) is 46.5 cm³/mol. The molecule has 0 aromatic heterocycles. The highest BCUT2D eigenvalue weighted by Crippen LogP contribution is 2.50. The largest absolute Gasteiger partial charge is 0.295 e. The first-order chi connectivity index (χ1) is 5.86. The van der Waals surface area contributed by atoms with E-state index in [-0.39, 0.29) is 0 Å². The van der Waals surface area contributed by atoms with E-state index >= 15 is 0 Å². The molecule has 1 fully saturated rings. The van der Waals surface area contributed by atoms with Crippen LogP contribution in [0.2, 0.25) is 0 Å². The van der Waals surface area contributed by atoms with Crippen LogP contribution in [0.15, 0.2) is 24.3 Å². The Morgan fingerprint density at radius 3 is 3.08 bits per heavy atom. The van der Waals surface area contributed by atoms with E-state index in [1.165, 1.54) is 6.42 Å². The molecule has 0 radical (unpaired) electrons. The highest BCUT2D eigenvalue weighted by molar-refractivity contribution is 5.95. The van der Waals surface area contributed by atoms with Crippen molar-refractivity contribution in [1.82, 2.24) is 0 Å². The van der Waals surface area contributed by atoms with Gasteiger partial charge in [-0.3, -0.25) is 4.79 Å². The molecule has 0 aliphatic heterocycles. The minimum absolute atomic E-state index is 0.352. The molecule has 0 heterocycles. The smallest absolute Gasteiger partial charge is 0.159 e. The lowest BCUT2D eigenvalue weighted by Gasteiger charge is -2.14. The molecule has 62 valence electrons. The lowest BCUT2D eigenvalue weighted by Crippen LogP contribution is -2.18. The van der Waals surface area contributed by atoms with E-state index in [2.05, 4.69) is 18.2 Å². The van der Waals surface area contributed by atoms with E-state index in [1.54, 1.807) is 6.08 Å². The van der Waals surface area contributed by atoms with Crippen LogP contribution in [-0.4, -0.2) is 5.78 Å². The Labute approximate surface area is 72.2 Å². The van der Waals surface area contributed by atoms with Crippen LogP contribution in [0.4, 0.5) is 0 Å². The summed E-state index contributed by atoms with van der Waals surface area (Å²) in [6.45, 7) is 0. The maximum Gasteiger partial charge on any atom is 0.159 e. The molecule has 4 atom stereocenters. The Bertz CT molecular complexity index is 287. The van der Waals surface area contributed by atoms with Crippen molar-refractivity contribution in [2.24, 2.45) is 23.7 Å². The molecule has 3 rings (SSSR count). The van der Waals surface area contributed by atoms with Crippen molar-refractivity contribution >= 4 is 5.78 Å². The number of ketones is 1. The first-order valence-corrected chi connectivity index (χ1v) is 4.75. The molecule has 12 heavy (non-hydrogen) atoms. The first-order valence-electron chi connectivity index (χ1n) is 4.75. The molecule has 0 unspecified atom stereocenters. The van der Waals surface area contributed by atoms with Crippen LogP contribution in [0.3, 0.4) is 0 Å². The van der Waals surface area contributed by atoms with Crippen molar-refractivity contribution in [2.45, 2.75) is 12.8 Å². The number of fused-ring (bicyclic) bond motifs is 3. The second-order valence-electron chi connectivity index (χ2n) is 4.18. The fourth-order valence-electron chi connectivity index (χ4n) is 3.12. The van der Waals surface area contributed by atoms with Crippen LogP contribution < -0.4 is 0 Å². The Kier molecular flexibility index (Phi) is 1.16. The van der Waals surface area contributed by atoms with E-state index in [1.807, 2.05) is 0 Å². The number of hydrogen-bond donors (Lipinski definition) is 0. The van der Waals surface area contributed by atoms with Gasteiger partial charge in [0.05, 0.1) is 0 Å². The summed E-state index contributed by atoms with van der Waals surface area (Å²) in [5.41, 5.74) is 0. The van der Waals surface area contributed by atoms with Gasteiger partial charge in [0, 0.05) is 5.92 Å². The van der Waals surface area contributed by atoms with Gasteiger partial charge < -0.3 is 0 Å². The van der Waals surface area contributed by atoms with Gasteiger partial charge in [0.25, 0.3) is 0 Å². The summed E-state index contributed by atoms with van der Waals surface area (Å²) in [4.78, 5) is 11.5. The lowest BCUT2D eigenvalue weighted by molar-refractivity contribution is -0.119. The SMILES string of the molecule is O=C1C=C[C@H]2C[C@@H]3C=CC[C@@H]3[C@@H]12. The average molecular weight is 160 g/mol. The lowest BCUT2D eigenvalue weighted by atomic mass is 9.88. The van der Waals surface area contributed by atoms with Crippen LogP contribution in [0, 0.1) is 23.7 Å². The van der Waals surface area contributed by atoms with Gasteiger partial charge in [-0.1, -0.05) is 18.2 Å². The van der Waals surface area contributed by atoms with Gasteiger partial charge in [-0.2, -0.15) is 0 Å². The fourth-order valence-corrected chi connectivity index (χ4v) is 3.12. The van der Waals surface area contributed by atoms with Crippen LogP contribution in [0.5, 0.6) is 0 Å². The summed E-state index contributed by atoms with van der Waals surface area (Å²) in [5, 5.41) is 0. The van der Waals surface area contributed by atoms with E-state index in [0.29, 0.717) is 29.5 Å². The Morgan fingerprint density at radius 1 is 1.25 bits per heavy atom. The molecule has 1 saturated carbocycles. The first kappa shape index (κ1) is 6.64. The molecule has 0 aromatic carbocycles. The molecule has 0 aromatic rings. The van der Waals surface area contributed by atoms with Crippen molar-refractivity contribution in [3.05, 3.63) is 24.3 Å². The van der Waals surface area contributed by atoms with Gasteiger partial charge in [-0.05, 0) is 36.7 Å². The van der Waals surface area contributed by atoms with Gasteiger partial charge in [0.1, 0.15) is 0 Å². The number of allylic oxidation sites excluding steroid dienone is 4. The zero-order chi connectivity index (χ0) is 8.13. The molecule has 0 spiro atoms. The van der Waals surface area contributed by atoms with Crippen LogP contribution in [0.1, 0.15) is 12.8 Å². The third kappa shape index (κ3) is 0.669. The van der Waals surface area contributed by atoms with E-state index in [9.17, 15) is 4.79 Å². The second kappa shape index (κ2) is 2.09. The van der Waals surface area contributed by atoms with Gasteiger partial charge in [0.2, 0.25) is 0 Å². The fraction of sp³-hybridized carbons (Fsp3) is 0.545. The quantitative estimate of drug-likeness (QED) is 0.495. The molecule has 3 aliphatic rings. The summed E-state index contributed by atoms with van der Waals surface area (Å²) in [7, 11) is 0. The molecule has 0 saturated heterocycles. The van der Waals surface area contributed by atoms with E-state index < -0.39 is 0 Å². The molecule has 0 amide bonds.